The van der Waals surface area contributed by atoms with Crippen LogP contribution in [0.25, 0.3) is 10.9 Å². The minimum atomic E-state index is 0.134. The van der Waals surface area contributed by atoms with E-state index in [4.69, 9.17) is 4.74 Å². The third-order valence-corrected chi connectivity index (χ3v) is 4.28. The molecule has 3 rings (SSSR count). The lowest BCUT2D eigenvalue weighted by Crippen LogP contribution is -2.31. The molecule has 1 aliphatic rings. The lowest BCUT2D eigenvalue weighted by molar-refractivity contribution is -0.130. The van der Waals surface area contributed by atoms with Gasteiger partial charge in [-0.15, -0.1) is 0 Å². The Hall–Kier alpha value is -1.56. The second kappa shape index (κ2) is 5.44. The maximum Gasteiger partial charge on any atom is 0.244 e. The van der Waals surface area contributed by atoms with Crippen LogP contribution in [0.5, 0.6) is 5.75 Å². The van der Waals surface area contributed by atoms with E-state index in [0.29, 0.717) is 0 Å². The number of ether oxygens (including phenoxy) is 1. The number of likely N-dealkylation sites (tertiary alicyclic amines) is 1. The van der Waals surface area contributed by atoms with Crippen molar-refractivity contribution in [3.05, 3.63) is 22.8 Å². The Morgan fingerprint density at radius 1 is 1.40 bits per heavy atom. The van der Waals surface area contributed by atoms with Crippen molar-refractivity contribution in [3.63, 3.8) is 0 Å². The van der Waals surface area contributed by atoms with Gasteiger partial charge in [-0.25, -0.2) is 0 Å². The molecule has 1 fully saturated rings. The summed E-state index contributed by atoms with van der Waals surface area (Å²) in [5.74, 6) is 0.877. The summed E-state index contributed by atoms with van der Waals surface area (Å²) in [7, 11) is 1.63. The third-order valence-electron chi connectivity index (χ3n) is 3.66. The third kappa shape index (κ3) is 2.40. The van der Waals surface area contributed by atoms with E-state index in [2.05, 4.69) is 21.0 Å². The maximum absolute atomic E-state index is 12.2. The molecule has 0 bridgehead atoms. The number of benzene rings is 1. The number of hydrogen-bond acceptors (Lipinski definition) is 3. The van der Waals surface area contributed by atoms with Gasteiger partial charge in [0, 0.05) is 24.5 Å². The van der Waals surface area contributed by atoms with E-state index in [1.807, 2.05) is 17.0 Å². The summed E-state index contributed by atoms with van der Waals surface area (Å²) in [5, 5.41) is 5.31. The van der Waals surface area contributed by atoms with E-state index in [0.717, 1.165) is 47.1 Å². The lowest BCUT2D eigenvalue weighted by atomic mass is 10.2. The number of carbonyl (C=O) groups is 1. The van der Waals surface area contributed by atoms with Crippen molar-refractivity contribution in [2.24, 2.45) is 0 Å². The Morgan fingerprint density at radius 2 is 2.15 bits per heavy atom. The van der Waals surface area contributed by atoms with Gasteiger partial charge in [0.05, 0.1) is 23.3 Å². The van der Waals surface area contributed by atoms with Gasteiger partial charge in [-0.3, -0.25) is 9.48 Å². The van der Waals surface area contributed by atoms with Crippen molar-refractivity contribution >= 4 is 32.7 Å². The van der Waals surface area contributed by atoms with Crippen LogP contribution >= 0.6 is 15.9 Å². The highest BCUT2D eigenvalue weighted by Gasteiger charge is 2.19. The molecule has 1 aromatic carbocycles. The lowest BCUT2D eigenvalue weighted by Gasteiger charge is -2.15. The van der Waals surface area contributed by atoms with Crippen LogP contribution in [0.4, 0.5) is 0 Å². The first-order valence-electron chi connectivity index (χ1n) is 6.66. The zero-order chi connectivity index (χ0) is 14.1. The van der Waals surface area contributed by atoms with Gasteiger partial charge in [-0.1, -0.05) is 0 Å². The minimum absolute atomic E-state index is 0.134. The molecular weight excluding hydrogens is 322 g/mol. The molecule has 2 heterocycles. The Kier molecular flexibility index (Phi) is 3.65. The van der Waals surface area contributed by atoms with E-state index >= 15 is 0 Å². The number of methoxy groups -OCH3 is 1. The molecule has 0 unspecified atom stereocenters. The molecule has 0 N–H and O–H groups in total. The monoisotopic (exact) mass is 337 g/mol. The number of fused-ring (bicyclic) bond motifs is 1. The molecule has 2 aromatic rings. The summed E-state index contributed by atoms with van der Waals surface area (Å²) < 4.78 is 7.93. The number of hydrogen-bond donors (Lipinski definition) is 0. The fraction of sp³-hybridized carbons (Fsp3) is 0.429. The summed E-state index contributed by atoms with van der Waals surface area (Å²) >= 11 is 3.45. The normalized spacial score (nSPS) is 15.0. The molecule has 20 heavy (non-hydrogen) atoms. The Labute approximate surface area is 125 Å². The molecule has 106 valence electrons. The molecular formula is C14H16BrN3O2. The average Bonchev–Trinajstić information content (AvgIpc) is 3.08. The van der Waals surface area contributed by atoms with Crippen LogP contribution in [-0.4, -0.2) is 40.8 Å². The number of rotatable bonds is 3. The zero-order valence-corrected chi connectivity index (χ0v) is 12.9. The SMILES string of the molecule is COc1cc2c(cnn2CC(=O)N2CCCC2)cc1Br. The van der Waals surface area contributed by atoms with Crippen LogP contribution in [0, 0.1) is 0 Å². The van der Waals surface area contributed by atoms with Gasteiger partial charge in [0.1, 0.15) is 12.3 Å². The highest BCUT2D eigenvalue weighted by Crippen LogP contribution is 2.30. The molecule has 0 radical (unpaired) electrons. The summed E-state index contributed by atoms with van der Waals surface area (Å²) in [4.78, 5) is 14.1. The van der Waals surface area contributed by atoms with E-state index in [1.54, 1.807) is 18.0 Å². The molecule has 0 spiro atoms. The van der Waals surface area contributed by atoms with Crippen LogP contribution in [0.1, 0.15) is 12.8 Å². The molecule has 0 atom stereocenters. The van der Waals surface area contributed by atoms with Crippen LogP contribution in [-0.2, 0) is 11.3 Å². The number of amides is 1. The highest BCUT2D eigenvalue weighted by atomic mass is 79.9. The van der Waals surface area contributed by atoms with Gasteiger partial charge in [0.15, 0.2) is 0 Å². The molecule has 1 amide bonds. The number of carbonyl (C=O) groups excluding carboxylic acids is 1. The van der Waals surface area contributed by atoms with Gasteiger partial charge >= 0.3 is 0 Å². The van der Waals surface area contributed by atoms with Crippen LogP contribution in [0.3, 0.4) is 0 Å². The van der Waals surface area contributed by atoms with Crippen LogP contribution < -0.4 is 4.74 Å². The van der Waals surface area contributed by atoms with Gasteiger partial charge in [0.25, 0.3) is 0 Å². The largest absolute Gasteiger partial charge is 0.495 e. The molecule has 1 aromatic heterocycles. The Bertz CT molecular complexity index is 647. The van der Waals surface area contributed by atoms with Crippen LogP contribution in [0.2, 0.25) is 0 Å². The summed E-state index contributed by atoms with van der Waals surface area (Å²) in [6.07, 6.45) is 3.98. The fourth-order valence-electron chi connectivity index (χ4n) is 2.56. The molecule has 1 saturated heterocycles. The smallest absolute Gasteiger partial charge is 0.244 e. The number of nitrogens with zero attached hydrogens (tertiary/aromatic N) is 3. The number of aromatic nitrogens is 2. The molecule has 0 saturated carbocycles. The van der Waals surface area contributed by atoms with Crippen molar-refractivity contribution in [2.75, 3.05) is 20.2 Å². The second-order valence-corrected chi connectivity index (χ2v) is 5.79. The van der Waals surface area contributed by atoms with E-state index in [-0.39, 0.29) is 12.5 Å². The van der Waals surface area contributed by atoms with Crippen molar-refractivity contribution in [3.8, 4) is 5.75 Å². The summed E-state index contributed by atoms with van der Waals surface area (Å²) in [6.45, 7) is 2.02. The van der Waals surface area contributed by atoms with Crippen LogP contribution in [0.15, 0.2) is 22.8 Å². The fourth-order valence-corrected chi connectivity index (χ4v) is 3.08. The standard InChI is InChI=1S/C14H16BrN3O2/c1-20-13-7-12-10(6-11(13)15)8-16-18(12)9-14(19)17-4-2-3-5-17/h6-8H,2-5,9H2,1H3. The maximum atomic E-state index is 12.2. The van der Waals surface area contributed by atoms with Gasteiger partial charge in [0.2, 0.25) is 5.91 Å². The second-order valence-electron chi connectivity index (χ2n) is 4.94. The van der Waals surface area contributed by atoms with E-state index < -0.39 is 0 Å². The quantitative estimate of drug-likeness (QED) is 0.864. The van der Waals surface area contributed by atoms with Crippen molar-refractivity contribution in [1.82, 2.24) is 14.7 Å². The van der Waals surface area contributed by atoms with E-state index in [1.165, 1.54) is 0 Å². The molecule has 5 nitrogen and oxygen atoms in total. The summed E-state index contributed by atoms with van der Waals surface area (Å²) in [6, 6.07) is 3.86. The van der Waals surface area contributed by atoms with Crippen molar-refractivity contribution in [2.45, 2.75) is 19.4 Å². The molecule has 6 heteroatoms. The predicted molar refractivity (Wildman–Crippen MR) is 79.8 cm³/mol. The van der Waals surface area contributed by atoms with Gasteiger partial charge < -0.3 is 9.64 Å². The van der Waals surface area contributed by atoms with Crippen molar-refractivity contribution < 1.29 is 9.53 Å². The minimum Gasteiger partial charge on any atom is -0.495 e. The first-order valence-corrected chi connectivity index (χ1v) is 7.45. The first kappa shape index (κ1) is 13.4. The Morgan fingerprint density at radius 3 is 2.85 bits per heavy atom. The highest BCUT2D eigenvalue weighted by molar-refractivity contribution is 9.10. The van der Waals surface area contributed by atoms with E-state index in [9.17, 15) is 4.79 Å². The zero-order valence-electron chi connectivity index (χ0n) is 11.3. The molecule has 0 aliphatic carbocycles. The van der Waals surface area contributed by atoms with Gasteiger partial charge in [-0.05, 0) is 34.8 Å². The summed E-state index contributed by atoms with van der Waals surface area (Å²) in [5.41, 5.74) is 0.914. The first-order chi connectivity index (χ1) is 9.69. The predicted octanol–water partition coefficient (Wildman–Crippen LogP) is 2.43. The Balaban J connectivity index is 1.89. The van der Waals surface area contributed by atoms with Gasteiger partial charge in [-0.2, -0.15) is 5.10 Å². The van der Waals surface area contributed by atoms with Crippen molar-refractivity contribution in [1.29, 1.82) is 0 Å². The number of halogens is 1. The average molecular weight is 338 g/mol. The topological polar surface area (TPSA) is 47.4 Å². The molecule has 1 aliphatic heterocycles.